The Labute approximate surface area is 127 Å². The van der Waals surface area contributed by atoms with Crippen LogP contribution in [0.4, 0.5) is 0 Å². The molecule has 0 saturated heterocycles. The Morgan fingerprint density at radius 1 is 0.950 bits per heavy atom. The van der Waals surface area contributed by atoms with E-state index in [1.807, 2.05) is 0 Å². The van der Waals surface area contributed by atoms with Crippen molar-refractivity contribution in [2.45, 2.75) is 90.9 Å². The molecule has 20 heavy (non-hydrogen) atoms. The summed E-state index contributed by atoms with van der Waals surface area (Å²) in [4.78, 5) is 0. The van der Waals surface area contributed by atoms with Crippen LogP contribution in [-0.2, 0) is 0 Å². The molecule has 0 aliphatic heterocycles. The van der Waals surface area contributed by atoms with Gasteiger partial charge in [-0.2, -0.15) is 0 Å². The van der Waals surface area contributed by atoms with Gasteiger partial charge in [0, 0.05) is 6.54 Å². The molecule has 1 heteroatoms. The van der Waals surface area contributed by atoms with Crippen LogP contribution in [0.5, 0.6) is 0 Å². The molecule has 2 fully saturated rings. The molecule has 0 atom stereocenters. The van der Waals surface area contributed by atoms with E-state index >= 15 is 0 Å². The minimum absolute atomic E-state index is 0.660. The molecule has 0 bridgehead atoms. The van der Waals surface area contributed by atoms with Gasteiger partial charge in [0.1, 0.15) is 0 Å². The second-order valence-corrected chi connectivity index (χ2v) is 7.72. The van der Waals surface area contributed by atoms with Gasteiger partial charge in [0.2, 0.25) is 0 Å². The van der Waals surface area contributed by atoms with E-state index in [1.54, 1.807) is 0 Å². The number of rotatable bonds is 8. The van der Waals surface area contributed by atoms with Crippen molar-refractivity contribution in [2.75, 3.05) is 13.1 Å². The fourth-order valence-electron chi connectivity index (χ4n) is 4.74. The highest BCUT2D eigenvalue weighted by atomic mass is 14.9. The predicted octanol–water partition coefficient (Wildman–Crippen LogP) is 5.54. The molecule has 1 N–H and O–H groups in total. The summed E-state index contributed by atoms with van der Waals surface area (Å²) in [5.74, 6) is 2.11. The van der Waals surface area contributed by atoms with Crippen molar-refractivity contribution >= 4 is 0 Å². The van der Waals surface area contributed by atoms with Crippen molar-refractivity contribution in [3.8, 4) is 0 Å². The summed E-state index contributed by atoms with van der Waals surface area (Å²) in [7, 11) is 0. The Hall–Kier alpha value is -0.0400. The molecule has 0 radical (unpaired) electrons. The molecule has 0 heterocycles. The van der Waals surface area contributed by atoms with Gasteiger partial charge in [0.05, 0.1) is 0 Å². The smallest absolute Gasteiger partial charge is 0.000780 e. The lowest BCUT2D eigenvalue weighted by atomic mass is 9.65. The number of nitrogens with one attached hydrogen (secondary N) is 1. The molecule has 2 aliphatic carbocycles. The fraction of sp³-hybridized carbons (Fsp3) is 1.00. The summed E-state index contributed by atoms with van der Waals surface area (Å²) in [6.45, 7) is 7.03. The maximum Gasteiger partial charge on any atom is 0.000780 e. The van der Waals surface area contributed by atoms with Gasteiger partial charge in [-0.1, -0.05) is 58.8 Å². The first kappa shape index (κ1) is 16.3. The SMILES string of the molecule is CCCCC1CCC(CNCC)(CC2CCCC2)CC1. The first-order chi connectivity index (χ1) is 9.78. The van der Waals surface area contributed by atoms with Crippen LogP contribution in [0.1, 0.15) is 90.9 Å². The van der Waals surface area contributed by atoms with Crippen LogP contribution in [0.15, 0.2) is 0 Å². The van der Waals surface area contributed by atoms with Crippen LogP contribution in [0.3, 0.4) is 0 Å². The van der Waals surface area contributed by atoms with Crippen LogP contribution in [0.25, 0.3) is 0 Å². The lowest BCUT2D eigenvalue weighted by molar-refractivity contribution is 0.107. The van der Waals surface area contributed by atoms with Gasteiger partial charge < -0.3 is 5.32 Å². The van der Waals surface area contributed by atoms with Gasteiger partial charge in [-0.25, -0.2) is 0 Å². The Balaban J connectivity index is 1.84. The van der Waals surface area contributed by atoms with Gasteiger partial charge in [-0.3, -0.25) is 0 Å². The number of hydrogen-bond acceptors (Lipinski definition) is 1. The van der Waals surface area contributed by atoms with E-state index in [-0.39, 0.29) is 0 Å². The summed E-state index contributed by atoms with van der Waals surface area (Å²) in [6, 6.07) is 0. The molecule has 0 aromatic heterocycles. The molecule has 0 spiro atoms. The summed E-state index contributed by atoms with van der Waals surface area (Å²) in [5, 5.41) is 3.69. The standard InChI is InChI=1S/C19H37N/c1-3-5-8-17-11-13-19(14-12-17,16-20-4-2)15-18-9-6-7-10-18/h17-18,20H,3-16H2,1-2H3. The third-order valence-corrected chi connectivity index (χ3v) is 6.08. The van der Waals surface area contributed by atoms with Crippen molar-refractivity contribution < 1.29 is 0 Å². The van der Waals surface area contributed by atoms with E-state index < -0.39 is 0 Å². The molecule has 0 aromatic rings. The van der Waals surface area contributed by atoms with E-state index in [1.165, 1.54) is 83.6 Å². The molecular weight excluding hydrogens is 242 g/mol. The van der Waals surface area contributed by atoms with E-state index in [0.29, 0.717) is 5.41 Å². The summed E-state index contributed by atoms with van der Waals surface area (Å²) < 4.78 is 0. The van der Waals surface area contributed by atoms with Crippen LogP contribution < -0.4 is 5.32 Å². The molecule has 0 amide bonds. The van der Waals surface area contributed by atoms with Crippen LogP contribution in [-0.4, -0.2) is 13.1 Å². The predicted molar refractivity (Wildman–Crippen MR) is 89.0 cm³/mol. The molecule has 2 rings (SSSR count). The van der Waals surface area contributed by atoms with Crippen molar-refractivity contribution in [3.63, 3.8) is 0 Å². The second kappa shape index (κ2) is 8.41. The van der Waals surface area contributed by atoms with Crippen LogP contribution in [0, 0.1) is 17.3 Å². The van der Waals surface area contributed by atoms with E-state index in [4.69, 9.17) is 0 Å². The molecule has 2 aliphatic rings. The van der Waals surface area contributed by atoms with Gasteiger partial charge in [0.25, 0.3) is 0 Å². The molecule has 0 aromatic carbocycles. The lowest BCUT2D eigenvalue weighted by Gasteiger charge is -2.42. The van der Waals surface area contributed by atoms with E-state index in [2.05, 4.69) is 19.2 Å². The van der Waals surface area contributed by atoms with Crippen molar-refractivity contribution in [1.29, 1.82) is 0 Å². The highest BCUT2D eigenvalue weighted by molar-refractivity contribution is 4.90. The fourth-order valence-corrected chi connectivity index (χ4v) is 4.74. The monoisotopic (exact) mass is 279 g/mol. The summed E-state index contributed by atoms with van der Waals surface area (Å²) in [6.07, 6.45) is 17.9. The maximum absolute atomic E-state index is 3.69. The van der Waals surface area contributed by atoms with Crippen LogP contribution >= 0.6 is 0 Å². The molecular formula is C19H37N. The van der Waals surface area contributed by atoms with E-state index in [0.717, 1.165) is 18.4 Å². The second-order valence-electron chi connectivity index (χ2n) is 7.72. The Kier molecular flexibility index (Phi) is 6.87. The third kappa shape index (κ3) is 4.76. The Morgan fingerprint density at radius 2 is 1.65 bits per heavy atom. The summed E-state index contributed by atoms with van der Waals surface area (Å²) in [5.41, 5.74) is 0.660. The van der Waals surface area contributed by atoms with Gasteiger partial charge >= 0.3 is 0 Å². The average molecular weight is 280 g/mol. The zero-order chi connectivity index (χ0) is 14.3. The average Bonchev–Trinajstić information content (AvgIpc) is 2.97. The zero-order valence-corrected chi connectivity index (χ0v) is 14.1. The Bertz CT molecular complexity index is 246. The summed E-state index contributed by atoms with van der Waals surface area (Å²) >= 11 is 0. The minimum Gasteiger partial charge on any atom is -0.316 e. The van der Waals surface area contributed by atoms with Gasteiger partial charge in [-0.05, 0) is 55.9 Å². The number of hydrogen-bond donors (Lipinski definition) is 1. The van der Waals surface area contributed by atoms with Crippen LogP contribution in [0.2, 0.25) is 0 Å². The third-order valence-electron chi connectivity index (χ3n) is 6.08. The van der Waals surface area contributed by atoms with Crippen molar-refractivity contribution in [2.24, 2.45) is 17.3 Å². The highest BCUT2D eigenvalue weighted by Crippen LogP contribution is 2.46. The molecule has 2 saturated carbocycles. The van der Waals surface area contributed by atoms with Gasteiger partial charge in [0.15, 0.2) is 0 Å². The largest absolute Gasteiger partial charge is 0.316 e. The quantitative estimate of drug-likeness (QED) is 0.615. The molecule has 118 valence electrons. The Morgan fingerprint density at radius 3 is 2.25 bits per heavy atom. The zero-order valence-electron chi connectivity index (χ0n) is 14.1. The van der Waals surface area contributed by atoms with Crippen molar-refractivity contribution in [3.05, 3.63) is 0 Å². The topological polar surface area (TPSA) is 12.0 Å². The van der Waals surface area contributed by atoms with Crippen molar-refractivity contribution in [1.82, 2.24) is 5.32 Å². The van der Waals surface area contributed by atoms with E-state index in [9.17, 15) is 0 Å². The molecule has 1 nitrogen and oxygen atoms in total. The first-order valence-corrected chi connectivity index (χ1v) is 9.49. The molecule has 0 unspecified atom stereocenters. The minimum atomic E-state index is 0.660. The normalized spacial score (nSPS) is 31.8. The number of unbranched alkanes of at least 4 members (excludes halogenated alkanes) is 1. The highest BCUT2D eigenvalue weighted by Gasteiger charge is 2.37. The van der Waals surface area contributed by atoms with Gasteiger partial charge in [-0.15, -0.1) is 0 Å². The maximum atomic E-state index is 3.69. The lowest BCUT2D eigenvalue weighted by Crippen LogP contribution is -2.39. The first-order valence-electron chi connectivity index (χ1n) is 9.49.